The van der Waals surface area contributed by atoms with E-state index in [-0.39, 0.29) is 11.1 Å². The summed E-state index contributed by atoms with van der Waals surface area (Å²) in [5.41, 5.74) is 2.35. The van der Waals surface area contributed by atoms with Crippen LogP contribution in [-0.4, -0.2) is 22.0 Å². The fourth-order valence-electron chi connectivity index (χ4n) is 4.31. The number of hydrogen-bond acceptors (Lipinski definition) is 4. The zero-order chi connectivity index (χ0) is 23.3. The number of nitrogens with zero attached hydrogens (tertiary/aromatic N) is 2. The minimum absolute atomic E-state index is 0.0267. The number of nitrogens with one attached hydrogen (secondary N) is 1. The number of carbonyl (C=O) groups is 2. The Balaban J connectivity index is 1.61. The number of carboxylic acid groups (broad SMARTS) is 1. The second-order valence-corrected chi connectivity index (χ2v) is 8.11. The van der Waals surface area contributed by atoms with Crippen LogP contribution in [0.15, 0.2) is 78.4 Å². The Morgan fingerprint density at radius 2 is 1.73 bits per heavy atom. The zero-order valence-electron chi connectivity index (χ0n) is 18.0. The maximum Gasteiger partial charge on any atom is 0.335 e. The topological polar surface area (TPSA) is 103 Å². The van der Waals surface area contributed by atoms with Crippen molar-refractivity contribution >= 4 is 18.0 Å². The number of aromatic nitrogens is 1. The molecule has 2 N–H and O–H groups in total. The van der Waals surface area contributed by atoms with Crippen LogP contribution in [0.1, 0.15) is 47.3 Å². The van der Waals surface area contributed by atoms with Crippen LogP contribution < -0.4 is 5.32 Å². The molecule has 0 atom stereocenters. The number of benzene rings is 2. The van der Waals surface area contributed by atoms with Crippen molar-refractivity contribution in [2.45, 2.75) is 31.2 Å². The highest BCUT2D eigenvalue weighted by molar-refractivity contribution is 6.02. The SMILES string of the molecule is N#C/C(=C\c1cccc(-c2cccc(C(=O)O)c2)n1)C(=O)NC1(c2ccccc2)CCCC1. The Morgan fingerprint density at radius 1 is 1.00 bits per heavy atom. The van der Waals surface area contributed by atoms with Gasteiger partial charge in [-0.15, -0.1) is 0 Å². The minimum atomic E-state index is -1.02. The Kier molecular flexibility index (Phi) is 6.32. The van der Waals surface area contributed by atoms with E-state index in [4.69, 9.17) is 0 Å². The first-order valence-corrected chi connectivity index (χ1v) is 10.8. The number of amides is 1. The van der Waals surface area contributed by atoms with Crippen molar-refractivity contribution in [1.29, 1.82) is 5.26 Å². The second-order valence-electron chi connectivity index (χ2n) is 8.11. The average molecular weight is 437 g/mol. The molecule has 0 saturated heterocycles. The minimum Gasteiger partial charge on any atom is -0.478 e. The zero-order valence-corrected chi connectivity index (χ0v) is 18.0. The quantitative estimate of drug-likeness (QED) is 0.420. The fourth-order valence-corrected chi connectivity index (χ4v) is 4.31. The lowest BCUT2D eigenvalue weighted by Gasteiger charge is -2.31. The normalized spacial score (nSPS) is 14.9. The van der Waals surface area contributed by atoms with Gasteiger partial charge in [0.1, 0.15) is 11.6 Å². The summed E-state index contributed by atoms with van der Waals surface area (Å²) in [4.78, 5) is 28.9. The molecular formula is C27H23N3O3. The third-order valence-corrected chi connectivity index (χ3v) is 5.97. The molecule has 1 amide bonds. The largest absolute Gasteiger partial charge is 0.478 e. The summed E-state index contributed by atoms with van der Waals surface area (Å²) in [7, 11) is 0. The summed E-state index contributed by atoms with van der Waals surface area (Å²) in [6.45, 7) is 0. The third-order valence-electron chi connectivity index (χ3n) is 5.97. The lowest BCUT2D eigenvalue weighted by Crippen LogP contribution is -2.44. The van der Waals surface area contributed by atoms with Crippen LogP contribution in [0.2, 0.25) is 0 Å². The predicted molar refractivity (Wildman–Crippen MR) is 125 cm³/mol. The first kappa shape index (κ1) is 22.0. The number of rotatable bonds is 6. The van der Waals surface area contributed by atoms with E-state index in [2.05, 4.69) is 10.3 Å². The molecule has 6 nitrogen and oxygen atoms in total. The lowest BCUT2D eigenvalue weighted by molar-refractivity contribution is -0.119. The molecular weight excluding hydrogens is 414 g/mol. The highest BCUT2D eigenvalue weighted by atomic mass is 16.4. The Morgan fingerprint density at radius 3 is 2.42 bits per heavy atom. The number of nitriles is 1. The van der Waals surface area contributed by atoms with Crippen molar-refractivity contribution in [1.82, 2.24) is 10.3 Å². The van der Waals surface area contributed by atoms with Crippen LogP contribution in [0, 0.1) is 11.3 Å². The van der Waals surface area contributed by atoms with Crippen LogP contribution in [-0.2, 0) is 10.3 Å². The smallest absolute Gasteiger partial charge is 0.335 e. The summed E-state index contributed by atoms with van der Waals surface area (Å²) < 4.78 is 0. The van der Waals surface area contributed by atoms with Crippen molar-refractivity contribution in [3.63, 3.8) is 0 Å². The fraction of sp³-hybridized carbons (Fsp3) is 0.185. The molecule has 1 fully saturated rings. The number of carboxylic acids is 1. The van der Waals surface area contributed by atoms with E-state index in [1.165, 1.54) is 12.1 Å². The molecule has 33 heavy (non-hydrogen) atoms. The van der Waals surface area contributed by atoms with E-state index in [9.17, 15) is 20.0 Å². The van der Waals surface area contributed by atoms with Crippen molar-refractivity contribution in [2.24, 2.45) is 0 Å². The van der Waals surface area contributed by atoms with Crippen molar-refractivity contribution < 1.29 is 14.7 Å². The van der Waals surface area contributed by atoms with Crippen molar-refractivity contribution in [3.05, 3.63) is 95.2 Å². The molecule has 164 valence electrons. The molecule has 1 heterocycles. The average Bonchev–Trinajstić information content (AvgIpc) is 3.33. The summed E-state index contributed by atoms with van der Waals surface area (Å²) in [5, 5.41) is 22.1. The molecule has 2 aromatic carbocycles. The van der Waals surface area contributed by atoms with E-state index in [1.54, 1.807) is 36.4 Å². The predicted octanol–water partition coefficient (Wildman–Crippen LogP) is 4.94. The van der Waals surface area contributed by atoms with E-state index in [0.717, 1.165) is 31.2 Å². The van der Waals surface area contributed by atoms with Crippen LogP contribution in [0.5, 0.6) is 0 Å². The van der Waals surface area contributed by atoms with E-state index in [0.29, 0.717) is 17.0 Å². The van der Waals surface area contributed by atoms with Gasteiger partial charge in [0.05, 0.1) is 22.5 Å². The molecule has 0 unspecified atom stereocenters. The summed E-state index contributed by atoms with van der Waals surface area (Å²) >= 11 is 0. The van der Waals surface area contributed by atoms with E-state index in [1.807, 2.05) is 36.4 Å². The molecule has 0 radical (unpaired) electrons. The van der Waals surface area contributed by atoms with E-state index >= 15 is 0 Å². The number of aromatic carboxylic acids is 1. The number of carbonyl (C=O) groups excluding carboxylic acids is 1. The molecule has 0 spiro atoms. The highest BCUT2D eigenvalue weighted by Crippen LogP contribution is 2.38. The van der Waals surface area contributed by atoms with Gasteiger partial charge in [0.15, 0.2) is 0 Å². The lowest BCUT2D eigenvalue weighted by atomic mass is 9.88. The molecule has 1 aromatic heterocycles. The van der Waals surface area contributed by atoms with Gasteiger partial charge in [-0.05, 0) is 48.7 Å². The first-order valence-electron chi connectivity index (χ1n) is 10.8. The van der Waals surface area contributed by atoms with Crippen molar-refractivity contribution in [2.75, 3.05) is 0 Å². The first-order chi connectivity index (χ1) is 16.0. The van der Waals surface area contributed by atoms with Gasteiger partial charge in [0.2, 0.25) is 0 Å². The van der Waals surface area contributed by atoms with Gasteiger partial charge in [-0.3, -0.25) is 4.79 Å². The second kappa shape index (κ2) is 9.49. The molecule has 1 aliphatic carbocycles. The van der Waals surface area contributed by atoms with Crippen LogP contribution >= 0.6 is 0 Å². The maximum atomic E-state index is 13.1. The maximum absolute atomic E-state index is 13.1. The van der Waals surface area contributed by atoms with Gasteiger partial charge in [-0.1, -0.05) is 61.4 Å². The van der Waals surface area contributed by atoms with Crippen molar-refractivity contribution in [3.8, 4) is 17.3 Å². The molecule has 0 bridgehead atoms. The van der Waals surface area contributed by atoms with Crippen LogP contribution in [0.3, 0.4) is 0 Å². The monoisotopic (exact) mass is 437 g/mol. The molecule has 4 rings (SSSR count). The third kappa shape index (κ3) is 4.83. The van der Waals surface area contributed by atoms with Gasteiger partial charge < -0.3 is 10.4 Å². The molecule has 0 aliphatic heterocycles. The van der Waals surface area contributed by atoms with Crippen LogP contribution in [0.25, 0.3) is 17.3 Å². The molecule has 3 aromatic rings. The Bertz CT molecular complexity index is 1250. The summed E-state index contributed by atoms with van der Waals surface area (Å²) in [5.74, 6) is -1.45. The molecule has 1 saturated carbocycles. The highest BCUT2D eigenvalue weighted by Gasteiger charge is 2.37. The molecule has 1 aliphatic rings. The Hall–Kier alpha value is -4.24. The molecule has 6 heteroatoms. The summed E-state index contributed by atoms with van der Waals surface area (Å²) in [6.07, 6.45) is 5.15. The van der Waals surface area contributed by atoms with Gasteiger partial charge >= 0.3 is 5.97 Å². The van der Waals surface area contributed by atoms with E-state index < -0.39 is 17.4 Å². The van der Waals surface area contributed by atoms with Gasteiger partial charge in [-0.2, -0.15) is 5.26 Å². The van der Waals surface area contributed by atoms with Gasteiger partial charge in [0.25, 0.3) is 5.91 Å². The summed E-state index contributed by atoms with van der Waals surface area (Å²) in [6, 6.07) is 23.6. The number of pyridine rings is 1. The number of hydrogen-bond donors (Lipinski definition) is 2. The Labute approximate surface area is 192 Å². The van der Waals surface area contributed by atoms with Crippen LogP contribution in [0.4, 0.5) is 0 Å². The van der Waals surface area contributed by atoms with Gasteiger partial charge in [-0.25, -0.2) is 9.78 Å². The van der Waals surface area contributed by atoms with Gasteiger partial charge in [0, 0.05) is 5.56 Å². The standard InChI is InChI=1S/C27H23N3O3/c28-18-21(25(31)30-27(14-4-5-15-27)22-10-2-1-3-11-22)17-23-12-7-13-24(29-23)19-8-6-9-20(16-19)26(32)33/h1-3,6-13,16-17H,4-5,14-15H2,(H,30,31)(H,32,33)/b21-17+.